The smallest absolute Gasteiger partial charge is 0.320 e. The van der Waals surface area contributed by atoms with Crippen molar-refractivity contribution in [3.05, 3.63) is 0 Å². The number of carboxylic acid groups (broad SMARTS) is 1. The predicted molar refractivity (Wildman–Crippen MR) is 78.3 cm³/mol. The van der Waals surface area contributed by atoms with Gasteiger partial charge in [0, 0.05) is 19.0 Å². The van der Waals surface area contributed by atoms with E-state index in [4.69, 9.17) is 10.8 Å². The fourth-order valence-corrected chi connectivity index (χ4v) is 2.66. The summed E-state index contributed by atoms with van der Waals surface area (Å²) < 4.78 is 0. The van der Waals surface area contributed by atoms with Crippen LogP contribution in [-0.2, 0) is 9.59 Å². The van der Waals surface area contributed by atoms with E-state index in [0.29, 0.717) is 18.9 Å². The van der Waals surface area contributed by atoms with Gasteiger partial charge in [0.15, 0.2) is 0 Å². The lowest BCUT2D eigenvalue weighted by Crippen LogP contribution is -2.52. The number of aliphatic carboxylic acids is 1. The van der Waals surface area contributed by atoms with Crippen LogP contribution in [-0.4, -0.2) is 40.5 Å². The van der Waals surface area contributed by atoms with E-state index in [1.165, 1.54) is 25.7 Å². The average molecular weight is 284 g/mol. The SMILES string of the molecule is CCCCCCC1CC(=O)N1CCCCC(N)C(=O)O. The van der Waals surface area contributed by atoms with Gasteiger partial charge in [-0.05, 0) is 25.7 Å². The van der Waals surface area contributed by atoms with Gasteiger partial charge in [-0.2, -0.15) is 0 Å². The van der Waals surface area contributed by atoms with Crippen LogP contribution in [0.4, 0.5) is 0 Å². The zero-order valence-electron chi connectivity index (χ0n) is 12.5. The van der Waals surface area contributed by atoms with E-state index in [2.05, 4.69) is 6.92 Å². The Bertz CT molecular complexity index is 320. The minimum absolute atomic E-state index is 0.244. The molecular weight excluding hydrogens is 256 g/mol. The van der Waals surface area contributed by atoms with Gasteiger partial charge in [-0.15, -0.1) is 0 Å². The number of hydrogen-bond acceptors (Lipinski definition) is 3. The minimum Gasteiger partial charge on any atom is -0.480 e. The van der Waals surface area contributed by atoms with Gasteiger partial charge in [-0.25, -0.2) is 0 Å². The first kappa shape index (κ1) is 17.0. The van der Waals surface area contributed by atoms with Crippen molar-refractivity contribution >= 4 is 11.9 Å². The summed E-state index contributed by atoms with van der Waals surface area (Å²) in [6, 6.07) is -0.348. The summed E-state index contributed by atoms with van der Waals surface area (Å²) in [5, 5.41) is 8.68. The molecule has 20 heavy (non-hydrogen) atoms. The Morgan fingerprint density at radius 3 is 2.70 bits per heavy atom. The number of unbranched alkanes of at least 4 members (excludes halogenated alkanes) is 4. The van der Waals surface area contributed by atoms with Crippen LogP contribution >= 0.6 is 0 Å². The molecule has 0 bridgehead atoms. The molecule has 1 fully saturated rings. The van der Waals surface area contributed by atoms with Gasteiger partial charge in [0.05, 0.1) is 0 Å². The Kier molecular flexibility index (Phi) is 7.59. The summed E-state index contributed by atoms with van der Waals surface area (Å²) in [6.45, 7) is 2.95. The summed E-state index contributed by atoms with van der Waals surface area (Å²) in [5.41, 5.74) is 5.45. The number of likely N-dealkylation sites (tertiary alicyclic amines) is 1. The molecule has 1 heterocycles. The Morgan fingerprint density at radius 2 is 2.10 bits per heavy atom. The lowest BCUT2D eigenvalue weighted by molar-refractivity contribution is -0.146. The van der Waals surface area contributed by atoms with E-state index < -0.39 is 12.0 Å². The minimum atomic E-state index is -0.946. The number of hydrogen-bond donors (Lipinski definition) is 2. The maximum absolute atomic E-state index is 11.6. The van der Waals surface area contributed by atoms with Gasteiger partial charge >= 0.3 is 5.97 Å². The highest BCUT2D eigenvalue weighted by Gasteiger charge is 2.34. The number of nitrogens with zero attached hydrogens (tertiary/aromatic N) is 1. The summed E-state index contributed by atoms with van der Waals surface area (Å²) in [7, 11) is 0. The molecule has 5 heteroatoms. The third-order valence-electron chi connectivity index (χ3n) is 4.04. The van der Waals surface area contributed by atoms with E-state index in [-0.39, 0.29) is 5.91 Å². The molecule has 0 saturated carbocycles. The first-order chi connectivity index (χ1) is 9.56. The Balaban J connectivity index is 2.11. The molecule has 0 aromatic carbocycles. The van der Waals surface area contributed by atoms with Crippen LogP contribution in [0, 0.1) is 0 Å². The molecule has 1 aliphatic heterocycles. The fraction of sp³-hybridized carbons (Fsp3) is 0.867. The molecule has 116 valence electrons. The van der Waals surface area contributed by atoms with Crippen molar-refractivity contribution in [2.24, 2.45) is 5.73 Å². The Morgan fingerprint density at radius 1 is 1.35 bits per heavy atom. The second-order valence-electron chi connectivity index (χ2n) is 5.73. The van der Waals surface area contributed by atoms with E-state index in [0.717, 1.165) is 25.8 Å². The summed E-state index contributed by atoms with van der Waals surface area (Å²) >= 11 is 0. The highest BCUT2D eigenvalue weighted by Crippen LogP contribution is 2.25. The number of rotatable bonds is 11. The van der Waals surface area contributed by atoms with Crippen molar-refractivity contribution in [3.8, 4) is 0 Å². The summed E-state index contributed by atoms with van der Waals surface area (Å²) in [5.74, 6) is -0.702. The Labute approximate surface area is 121 Å². The number of amides is 1. The summed E-state index contributed by atoms with van der Waals surface area (Å²) in [4.78, 5) is 24.1. The molecule has 2 atom stereocenters. The van der Waals surface area contributed by atoms with Gasteiger partial charge in [-0.1, -0.05) is 32.6 Å². The monoisotopic (exact) mass is 284 g/mol. The first-order valence-electron chi connectivity index (χ1n) is 7.84. The van der Waals surface area contributed by atoms with Gasteiger partial charge in [0.2, 0.25) is 5.91 Å². The van der Waals surface area contributed by atoms with Gasteiger partial charge in [-0.3, -0.25) is 9.59 Å². The molecule has 0 spiro atoms. The molecular formula is C15H28N2O3. The first-order valence-corrected chi connectivity index (χ1v) is 7.84. The topological polar surface area (TPSA) is 83.6 Å². The van der Waals surface area contributed by atoms with Crippen molar-refractivity contribution in [3.63, 3.8) is 0 Å². The lowest BCUT2D eigenvalue weighted by Gasteiger charge is -2.41. The van der Waals surface area contributed by atoms with Crippen LogP contribution in [0.15, 0.2) is 0 Å². The zero-order chi connectivity index (χ0) is 15.0. The normalized spacial score (nSPS) is 19.8. The van der Waals surface area contributed by atoms with Crippen LogP contribution in [0.1, 0.15) is 64.7 Å². The molecule has 0 aliphatic carbocycles. The maximum Gasteiger partial charge on any atom is 0.320 e. The van der Waals surface area contributed by atoms with Crippen LogP contribution in [0.2, 0.25) is 0 Å². The van der Waals surface area contributed by atoms with E-state index >= 15 is 0 Å². The molecule has 3 N–H and O–H groups in total. The Hall–Kier alpha value is -1.10. The second-order valence-corrected chi connectivity index (χ2v) is 5.73. The number of carbonyl (C=O) groups excluding carboxylic acids is 1. The number of carbonyl (C=O) groups is 2. The lowest BCUT2D eigenvalue weighted by atomic mass is 9.95. The molecule has 0 aromatic rings. The molecule has 1 amide bonds. The largest absolute Gasteiger partial charge is 0.480 e. The van der Waals surface area contributed by atoms with Crippen molar-refractivity contribution < 1.29 is 14.7 Å². The van der Waals surface area contributed by atoms with Crippen LogP contribution in [0.3, 0.4) is 0 Å². The number of carboxylic acids is 1. The molecule has 1 rings (SSSR count). The van der Waals surface area contributed by atoms with E-state index in [9.17, 15) is 9.59 Å². The second kappa shape index (κ2) is 8.95. The van der Waals surface area contributed by atoms with Gasteiger partial charge in [0.25, 0.3) is 0 Å². The van der Waals surface area contributed by atoms with Gasteiger partial charge < -0.3 is 15.7 Å². The van der Waals surface area contributed by atoms with Crippen molar-refractivity contribution in [1.82, 2.24) is 4.90 Å². The van der Waals surface area contributed by atoms with Crippen molar-refractivity contribution in [2.75, 3.05) is 6.54 Å². The van der Waals surface area contributed by atoms with Crippen molar-refractivity contribution in [1.29, 1.82) is 0 Å². The third kappa shape index (κ3) is 5.49. The van der Waals surface area contributed by atoms with E-state index in [1.54, 1.807) is 0 Å². The number of nitrogens with two attached hydrogens (primary N) is 1. The van der Waals surface area contributed by atoms with Gasteiger partial charge in [0.1, 0.15) is 6.04 Å². The highest BCUT2D eigenvalue weighted by molar-refractivity contribution is 5.83. The van der Waals surface area contributed by atoms with Crippen LogP contribution in [0.25, 0.3) is 0 Å². The van der Waals surface area contributed by atoms with E-state index in [1.807, 2.05) is 4.90 Å². The maximum atomic E-state index is 11.6. The molecule has 0 aromatic heterocycles. The molecule has 2 unspecified atom stereocenters. The average Bonchev–Trinajstić information content (AvgIpc) is 2.41. The zero-order valence-corrected chi connectivity index (χ0v) is 12.5. The predicted octanol–water partition coefficient (Wildman–Crippen LogP) is 2.14. The van der Waals surface area contributed by atoms with Crippen LogP contribution < -0.4 is 5.73 Å². The number of β-lactam (4-membered cyclic amide) rings is 1. The van der Waals surface area contributed by atoms with Crippen molar-refractivity contribution in [2.45, 2.75) is 76.8 Å². The molecule has 5 nitrogen and oxygen atoms in total. The standard InChI is InChI=1S/C15H28N2O3/c1-2-3-4-5-8-12-11-14(18)17(12)10-7-6-9-13(16)15(19)20/h12-13H,2-11,16H2,1H3,(H,19,20). The van der Waals surface area contributed by atoms with Crippen LogP contribution in [0.5, 0.6) is 0 Å². The summed E-state index contributed by atoms with van der Waals surface area (Å²) in [6.07, 6.45) is 8.86. The molecule has 1 saturated heterocycles. The third-order valence-corrected chi connectivity index (χ3v) is 4.04. The fourth-order valence-electron chi connectivity index (χ4n) is 2.66. The highest BCUT2D eigenvalue weighted by atomic mass is 16.4. The molecule has 0 radical (unpaired) electrons. The quantitative estimate of drug-likeness (QED) is 0.450. The molecule has 1 aliphatic rings.